The Labute approximate surface area is 151 Å². The number of anilines is 1. The number of halogens is 2. The number of piperazine rings is 1. The third kappa shape index (κ3) is 4.07. The van der Waals surface area contributed by atoms with Crippen LogP contribution in [-0.4, -0.2) is 42.8 Å². The number of rotatable bonds is 5. The summed E-state index contributed by atoms with van der Waals surface area (Å²) in [6.45, 7) is 2.02. The number of para-hydroxylation sites is 1. The van der Waals surface area contributed by atoms with Gasteiger partial charge in [-0.25, -0.2) is 8.78 Å². The second kappa shape index (κ2) is 8.08. The van der Waals surface area contributed by atoms with Crippen molar-refractivity contribution in [2.45, 2.75) is 12.8 Å². The maximum atomic E-state index is 13.8. The first-order valence-electron chi connectivity index (χ1n) is 8.61. The van der Waals surface area contributed by atoms with Crippen molar-refractivity contribution in [1.29, 1.82) is 0 Å². The van der Waals surface area contributed by atoms with Crippen molar-refractivity contribution in [2.24, 2.45) is 0 Å². The quantitative estimate of drug-likeness (QED) is 0.770. The van der Waals surface area contributed by atoms with Crippen LogP contribution in [0.25, 0.3) is 0 Å². The second-order valence-electron chi connectivity index (χ2n) is 6.22. The van der Waals surface area contributed by atoms with Crippen molar-refractivity contribution >= 4 is 17.4 Å². The molecule has 1 aliphatic rings. The first-order valence-corrected chi connectivity index (χ1v) is 8.61. The van der Waals surface area contributed by atoms with Gasteiger partial charge in [0.25, 0.3) is 0 Å². The molecule has 26 heavy (non-hydrogen) atoms. The summed E-state index contributed by atoms with van der Waals surface area (Å²) in [5, 5.41) is 0. The van der Waals surface area contributed by atoms with Gasteiger partial charge in [0.2, 0.25) is 5.91 Å². The monoisotopic (exact) mass is 358 g/mol. The molecule has 0 spiro atoms. The van der Waals surface area contributed by atoms with Gasteiger partial charge in [0.05, 0.1) is 11.3 Å². The van der Waals surface area contributed by atoms with Crippen molar-refractivity contribution in [2.75, 3.05) is 31.1 Å². The van der Waals surface area contributed by atoms with Gasteiger partial charge in [0.15, 0.2) is 5.78 Å². The van der Waals surface area contributed by atoms with Crippen LogP contribution < -0.4 is 4.90 Å². The smallest absolute Gasteiger partial charge is 0.223 e. The number of hydrogen-bond donors (Lipinski definition) is 0. The molecule has 1 saturated heterocycles. The van der Waals surface area contributed by atoms with E-state index in [9.17, 15) is 18.4 Å². The minimum absolute atomic E-state index is 0.0182. The Kier molecular flexibility index (Phi) is 5.61. The van der Waals surface area contributed by atoms with Crippen LogP contribution in [0.2, 0.25) is 0 Å². The van der Waals surface area contributed by atoms with Gasteiger partial charge in [0, 0.05) is 39.0 Å². The molecule has 0 aromatic heterocycles. The lowest BCUT2D eigenvalue weighted by atomic mass is 10.1. The molecule has 0 atom stereocenters. The van der Waals surface area contributed by atoms with E-state index in [0.29, 0.717) is 31.9 Å². The summed E-state index contributed by atoms with van der Waals surface area (Å²) in [6, 6.07) is 12.3. The number of carbonyl (C=O) groups excluding carboxylic acids is 2. The van der Waals surface area contributed by atoms with Gasteiger partial charge < -0.3 is 9.80 Å². The highest BCUT2D eigenvalue weighted by atomic mass is 19.1. The normalized spacial score (nSPS) is 14.4. The summed E-state index contributed by atoms with van der Waals surface area (Å²) in [7, 11) is 0. The first kappa shape index (κ1) is 18.0. The molecule has 0 N–H and O–H groups in total. The molecule has 0 radical (unpaired) electrons. The third-order valence-corrected chi connectivity index (χ3v) is 4.57. The Morgan fingerprint density at radius 1 is 0.808 bits per heavy atom. The van der Waals surface area contributed by atoms with Gasteiger partial charge in [0.1, 0.15) is 11.6 Å². The minimum atomic E-state index is -0.566. The lowest BCUT2D eigenvalue weighted by Crippen LogP contribution is -2.49. The van der Waals surface area contributed by atoms with Crippen LogP contribution in [0.3, 0.4) is 0 Å². The van der Waals surface area contributed by atoms with Gasteiger partial charge >= 0.3 is 0 Å². The summed E-state index contributed by atoms with van der Waals surface area (Å²) in [6.07, 6.45) is 0.0279. The van der Waals surface area contributed by atoms with E-state index in [4.69, 9.17) is 0 Å². The van der Waals surface area contributed by atoms with E-state index in [2.05, 4.69) is 0 Å². The first-order chi connectivity index (χ1) is 12.6. The van der Waals surface area contributed by atoms with E-state index in [0.717, 1.165) is 0 Å². The molecule has 0 unspecified atom stereocenters. The molecule has 136 valence electrons. The Bertz CT molecular complexity index is 802. The Hall–Kier alpha value is -2.76. The fourth-order valence-corrected chi connectivity index (χ4v) is 3.11. The number of Topliss-reactive ketones (excluding diaryl/α,β-unsaturated/α-hetero) is 1. The predicted molar refractivity (Wildman–Crippen MR) is 95.2 cm³/mol. The highest BCUT2D eigenvalue weighted by molar-refractivity contribution is 5.98. The van der Waals surface area contributed by atoms with E-state index in [1.54, 1.807) is 29.2 Å². The van der Waals surface area contributed by atoms with Crippen molar-refractivity contribution in [3.63, 3.8) is 0 Å². The molecule has 2 aromatic rings. The molecule has 2 aromatic carbocycles. The number of nitrogens with zero attached hydrogens (tertiary/aromatic N) is 2. The Balaban J connectivity index is 1.50. The average Bonchev–Trinajstić information content (AvgIpc) is 2.67. The summed E-state index contributed by atoms with van der Waals surface area (Å²) in [5.41, 5.74) is 0.555. The van der Waals surface area contributed by atoms with Crippen LogP contribution in [0.5, 0.6) is 0 Å². The van der Waals surface area contributed by atoms with Crippen molar-refractivity contribution in [3.8, 4) is 0 Å². The molecule has 0 bridgehead atoms. The molecule has 0 saturated carbocycles. The standard InChI is InChI=1S/C20H20F2N2O2/c21-16-6-2-1-5-15(16)19(25)9-10-20(26)24-13-11-23(12-14-24)18-8-4-3-7-17(18)22/h1-8H,9-14H2. The largest absolute Gasteiger partial charge is 0.366 e. The van der Waals surface area contributed by atoms with Crippen molar-refractivity contribution < 1.29 is 18.4 Å². The highest BCUT2D eigenvalue weighted by Gasteiger charge is 2.23. The van der Waals surface area contributed by atoms with Gasteiger partial charge in [-0.1, -0.05) is 24.3 Å². The number of hydrogen-bond acceptors (Lipinski definition) is 3. The highest BCUT2D eigenvalue weighted by Crippen LogP contribution is 2.20. The molecule has 0 aliphatic carbocycles. The summed E-state index contributed by atoms with van der Waals surface area (Å²) in [5.74, 6) is -1.35. The van der Waals surface area contributed by atoms with E-state index >= 15 is 0 Å². The SMILES string of the molecule is O=C(CCC(=O)N1CCN(c2ccccc2F)CC1)c1ccccc1F. The molecule has 1 amide bonds. The van der Waals surface area contributed by atoms with Gasteiger partial charge in [-0.05, 0) is 24.3 Å². The van der Waals surface area contributed by atoms with Crippen LogP contribution in [0.15, 0.2) is 48.5 Å². The van der Waals surface area contributed by atoms with E-state index in [1.165, 1.54) is 24.3 Å². The number of carbonyl (C=O) groups is 2. The second-order valence-corrected chi connectivity index (χ2v) is 6.22. The van der Waals surface area contributed by atoms with Gasteiger partial charge in [-0.15, -0.1) is 0 Å². The van der Waals surface area contributed by atoms with E-state index in [-0.39, 0.29) is 35.9 Å². The molecule has 1 fully saturated rings. The van der Waals surface area contributed by atoms with E-state index in [1.807, 2.05) is 4.90 Å². The zero-order valence-corrected chi connectivity index (χ0v) is 14.3. The van der Waals surface area contributed by atoms with Crippen LogP contribution >= 0.6 is 0 Å². The zero-order chi connectivity index (χ0) is 18.5. The van der Waals surface area contributed by atoms with Gasteiger partial charge in [-0.3, -0.25) is 9.59 Å². The van der Waals surface area contributed by atoms with Crippen molar-refractivity contribution in [1.82, 2.24) is 4.90 Å². The molecule has 6 heteroatoms. The average molecular weight is 358 g/mol. The molecule has 3 rings (SSSR count). The lowest BCUT2D eigenvalue weighted by molar-refractivity contribution is -0.131. The molecular formula is C20H20F2N2O2. The fraction of sp³-hybridized carbons (Fsp3) is 0.300. The number of amides is 1. The summed E-state index contributed by atoms with van der Waals surface area (Å²) < 4.78 is 27.4. The summed E-state index contributed by atoms with van der Waals surface area (Å²) >= 11 is 0. The van der Waals surface area contributed by atoms with Crippen LogP contribution in [0.4, 0.5) is 14.5 Å². The van der Waals surface area contributed by atoms with Crippen LogP contribution in [-0.2, 0) is 4.79 Å². The predicted octanol–water partition coefficient (Wildman–Crippen LogP) is 3.28. The third-order valence-electron chi connectivity index (χ3n) is 4.57. The Morgan fingerprint density at radius 2 is 1.42 bits per heavy atom. The number of ketones is 1. The maximum absolute atomic E-state index is 13.8. The van der Waals surface area contributed by atoms with E-state index < -0.39 is 5.82 Å². The topological polar surface area (TPSA) is 40.6 Å². The summed E-state index contributed by atoms with van der Waals surface area (Å²) in [4.78, 5) is 28.0. The van der Waals surface area contributed by atoms with Gasteiger partial charge in [-0.2, -0.15) is 0 Å². The maximum Gasteiger partial charge on any atom is 0.223 e. The van der Waals surface area contributed by atoms with Crippen LogP contribution in [0, 0.1) is 11.6 Å². The zero-order valence-electron chi connectivity index (χ0n) is 14.3. The lowest BCUT2D eigenvalue weighted by Gasteiger charge is -2.36. The molecule has 1 aliphatic heterocycles. The molecular weight excluding hydrogens is 338 g/mol. The van der Waals surface area contributed by atoms with Crippen molar-refractivity contribution in [3.05, 3.63) is 65.7 Å². The Morgan fingerprint density at radius 3 is 2.08 bits per heavy atom. The molecule has 1 heterocycles. The fourth-order valence-electron chi connectivity index (χ4n) is 3.11. The van der Waals surface area contributed by atoms with Crippen LogP contribution in [0.1, 0.15) is 23.2 Å². The minimum Gasteiger partial charge on any atom is -0.366 e. The number of benzene rings is 2. The molecule has 4 nitrogen and oxygen atoms in total.